The predicted octanol–water partition coefficient (Wildman–Crippen LogP) is 2.89. The number of aromatic nitrogens is 4. The Hall–Kier alpha value is -3.75. The molecular formula is C20H19N5O4. The maximum absolute atomic E-state index is 12.3. The van der Waals surface area contributed by atoms with Gasteiger partial charge in [0.25, 0.3) is 11.8 Å². The Bertz CT molecular complexity index is 1090. The van der Waals surface area contributed by atoms with Crippen LogP contribution in [0.1, 0.15) is 39.2 Å². The van der Waals surface area contributed by atoms with Gasteiger partial charge in [0.05, 0.1) is 11.3 Å². The third kappa shape index (κ3) is 4.23. The number of carbonyl (C=O) groups excluding carboxylic acids is 1. The van der Waals surface area contributed by atoms with Crippen molar-refractivity contribution in [2.24, 2.45) is 0 Å². The quantitative estimate of drug-likeness (QED) is 0.509. The number of nitrogens with zero attached hydrogens (tertiary/aromatic N) is 4. The molecule has 9 heteroatoms. The van der Waals surface area contributed by atoms with Crippen LogP contribution < -0.4 is 5.32 Å². The molecule has 0 aliphatic carbocycles. The minimum absolute atomic E-state index is 0.246. The fourth-order valence-corrected chi connectivity index (χ4v) is 2.86. The summed E-state index contributed by atoms with van der Waals surface area (Å²) in [6.07, 6.45) is 4.28. The lowest BCUT2D eigenvalue weighted by molar-refractivity contribution is 0.0924. The Balaban J connectivity index is 1.30. The van der Waals surface area contributed by atoms with Crippen LogP contribution in [0.2, 0.25) is 0 Å². The van der Waals surface area contributed by atoms with E-state index in [0.29, 0.717) is 36.9 Å². The summed E-state index contributed by atoms with van der Waals surface area (Å²) in [6, 6.07) is 7.06. The van der Waals surface area contributed by atoms with Gasteiger partial charge in [-0.05, 0) is 38.1 Å². The van der Waals surface area contributed by atoms with E-state index >= 15 is 0 Å². The molecule has 0 spiro atoms. The van der Waals surface area contributed by atoms with Crippen molar-refractivity contribution < 1.29 is 18.3 Å². The average molecular weight is 393 g/mol. The summed E-state index contributed by atoms with van der Waals surface area (Å²) >= 11 is 0. The maximum Gasteiger partial charge on any atom is 0.287 e. The monoisotopic (exact) mass is 393 g/mol. The minimum atomic E-state index is -0.300. The zero-order valence-corrected chi connectivity index (χ0v) is 16.0. The molecule has 0 atom stereocenters. The molecule has 148 valence electrons. The summed E-state index contributed by atoms with van der Waals surface area (Å²) in [4.78, 5) is 20.6. The Labute approximate surface area is 166 Å². The van der Waals surface area contributed by atoms with Gasteiger partial charge in [0, 0.05) is 37.3 Å². The van der Waals surface area contributed by atoms with Crippen molar-refractivity contribution in [1.29, 1.82) is 0 Å². The van der Waals surface area contributed by atoms with E-state index in [0.717, 1.165) is 22.6 Å². The molecule has 0 aliphatic heterocycles. The van der Waals surface area contributed by atoms with Crippen LogP contribution in [0.15, 0.2) is 50.1 Å². The Morgan fingerprint density at radius 3 is 2.79 bits per heavy atom. The summed E-state index contributed by atoms with van der Waals surface area (Å²) in [5.41, 5.74) is 2.53. The molecule has 0 saturated carbocycles. The molecule has 1 N–H and O–H groups in total. The predicted molar refractivity (Wildman–Crippen MR) is 101 cm³/mol. The molecule has 4 heterocycles. The number of furan rings is 1. The van der Waals surface area contributed by atoms with Crippen LogP contribution in [0.3, 0.4) is 0 Å². The molecule has 0 fully saturated rings. The zero-order chi connectivity index (χ0) is 20.2. The van der Waals surface area contributed by atoms with Crippen molar-refractivity contribution in [3.05, 3.63) is 71.0 Å². The molecule has 1 amide bonds. The summed E-state index contributed by atoms with van der Waals surface area (Å²) in [5.74, 6) is 2.26. The van der Waals surface area contributed by atoms with Gasteiger partial charge in [0.15, 0.2) is 11.6 Å². The normalized spacial score (nSPS) is 11.0. The number of rotatable bonds is 7. The van der Waals surface area contributed by atoms with E-state index in [2.05, 4.69) is 25.6 Å². The van der Waals surface area contributed by atoms with Gasteiger partial charge >= 0.3 is 0 Å². The van der Waals surface area contributed by atoms with Gasteiger partial charge in [-0.1, -0.05) is 10.3 Å². The SMILES string of the molecule is Cc1noc(C)c1Cc1ccc(C(=O)NCCc2noc(-c3cccnc3)n2)o1. The van der Waals surface area contributed by atoms with Crippen LogP contribution in [0, 0.1) is 13.8 Å². The number of aryl methyl sites for hydroxylation is 2. The molecule has 9 nitrogen and oxygen atoms in total. The van der Waals surface area contributed by atoms with E-state index in [-0.39, 0.29) is 11.7 Å². The molecule has 29 heavy (non-hydrogen) atoms. The van der Waals surface area contributed by atoms with E-state index in [9.17, 15) is 4.79 Å². The standard InChI is InChI=1S/C20H19N5O4/c1-12-16(13(2)28-24-12)10-15-5-6-17(27-15)19(26)22-9-7-18-23-20(29-25-18)14-4-3-8-21-11-14/h3-6,8,11H,7,9-10H2,1-2H3,(H,22,26). The highest BCUT2D eigenvalue weighted by Gasteiger charge is 2.15. The van der Waals surface area contributed by atoms with E-state index in [1.807, 2.05) is 19.9 Å². The third-order valence-electron chi connectivity index (χ3n) is 4.43. The highest BCUT2D eigenvalue weighted by molar-refractivity contribution is 5.91. The van der Waals surface area contributed by atoms with E-state index < -0.39 is 0 Å². The van der Waals surface area contributed by atoms with Crippen molar-refractivity contribution in [3.8, 4) is 11.5 Å². The first-order valence-corrected chi connectivity index (χ1v) is 9.12. The molecule has 0 aliphatic rings. The van der Waals surface area contributed by atoms with Crippen LogP contribution in [0.5, 0.6) is 0 Å². The van der Waals surface area contributed by atoms with Crippen LogP contribution in [-0.2, 0) is 12.8 Å². The van der Waals surface area contributed by atoms with Gasteiger partial charge in [0.2, 0.25) is 0 Å². The summed E-state index contributed by atoms with van der Waals surface area (Å²) in [5, 5.41) is 10.6. The van der Waals surface area contributed by atoms with Crippen LogP contribution in [0.4, 0.5) is 0 Å². The lowest BCUT2D eigenvalue weighted by Gasteiger charge is -2.01. The highest BCUT2D eigenvalue weighted by atomic mass is 16.5. The van der Waals surface area contributed by atoms with Crippen LogP contribution >= 0.6 is 0 Å². The Morgan fingerprint density at radius 2 is 2.03 bits per heavy atom. The minimum Gasteiger partial charge on any atom is -0.456 e. The number of carbonyl (C=O) groups is 1. The van der Waals surface area contributed by atoms with E-state index in [4.69, 9.17) is 13.5 Å². The second kappa shape index (κ2) is 8.09. The number of nitrogens with one attached hydrogen (secondary N) is 1. The van der Waals surface area contributed by atoms with Crippen LogP contribution in [-0.4, -0.2) is 32.7 Å². The molecule has 4 aromatic rings. The van der Waals surface area contributed by atoms with Crippen molar-refractivity contribution in [3.63, 3.8) is 0 Å². The number of hydrogen-bond acceptors (Lipinski definition) is 8. The second-order valence-corrected chi connectivity index (χ2v) is 6.51. The zero-order valence-electron chi connectivity index (χ0n) is 16.0. The van der Waals surface area contributed by atoms with Gasteiger partial charge < -0.3 is 18.8 Å². The van der Waals surface area contributed by atoms with Crippen molar-refractivity contribution in [2.45, 2.75) is 26.7 Å². The van der Waals surface area contributed by atoms with Gasteiger partial charge in [-0.3, -0.25) is 9.78 Å². The Kier molecular flexibility index (Phi) is 5.19. The van der Waals surface area contributed by atoms with Crippen molar-refractivity contribution in [2.75, 3.05) is 6.54 Å². The Morgan fingerprint density at radius 1 is 1.14 bits per heavy atom. The first-order chi connectivity index (χ1) is 14.1. The third-order valence-corrected chi connectivity index (χ3v) is 4.43. The average Bonchev–Trinajstić information content (AvgIpc) is 3.46. The summed E-state index contributed by atoms with van der Waals surface area (Å²) in [7, 11) is 0. The summed E-state index contributed by atoms with van der Waals surface area (Å²) < 4.78 is 16.0. The maximum atomic E-state index is 12.3. The molecule has 0 saturated heterocycles. The lowest BCUT2D eigenvalue weighted by atomic mass is 10.1. The molecule has 4 aromatic heterocycles. The fraction of sp³-hybridized carbons (Fsp3) is 0.250. The second-order valence-electron chi connectivity index (χ2n) is 6.51. The molecular weight excluding hydrogens is 374 g/mol. The van der Waals surface area contributed by atoms with Crippen LogP contribution in [0.25, 0.3) is 11.5 Å². The van der Waals surface area contributed by atoms with Gasteiger partial charge in [-0.25, -0.2) is 0 Å². The van der Waals surface area contributed by atoms with E-state index in [1.54, 1.807) is 30.6 Å². The summed E-state index contributed by atoms with van der Waals surface area (Å²) in [6.45, 7) is 4.08. The number of pyridine rings is 1. The van der Waals surface area contributed by atoms with Gasteiger partial charge in [-0.2, -0.15) is 4.98 Å². The molecule has 0 aromatic carbocycles. The number of amides is 1. The van der Waals surface area contributed by atoms with Crippen molar-refractivity contribution >= 4 is 5.91 Å². The molecule has 0 radical (unpaired) electrons. The molecule has 0 unspecified atom stereocenters. The highest BCUT2D eigenvalue weighted by Crippen LogP contribution is 2.19. The molecule has 0 bridgehead atoms. The topological polar surface area (TPSA) is 120 Å². The first kappa shape index (κ1) is 18.6. The fourth-order valence-electron chi connectivity index (χ4n) is 2.86. The smallest absolute Gasteiger partial charge is 0.287 e. The number of hydrogen-bond donors (Lipinski definition) is 1. The molecule has 4 rings (SSSR count). The van der Waals surface area contributed by atoms with Gasteiger partial charge in [-0.15, -0.1) is 0 Å². The largest absolute Gasteiger partial charge is 0.456 e. The van der Waals surface area contributed by atoms with Gasteiger partial charge in [0.1, 0.15) is 11.5 Å². The van der Waals surface area contributed by atoms with E-state index in [1.165, 1.54) is 0 Å². The first-order valence-electron chi connectivity index (χ1n) is 9.12. The lowest BCUT2D eigenvalue weighted by Crippen LogP contribution is -2.25. The van der Waals surface area contributed by atoms with Crippen molar-refractivity contribution in [1.82, 2.24) is 25.6 Å².